The second-order valence-electron chi connectivity index (χ2n) is 5.72. The third-order valence-corrected chi connectivity index (χ3v) is 4.96. The number of rotatable bonds is 8. The zero-order valence-corrected chi connectivity index (χ0v) is 16.0. The topological polar surface area (TPSA) is 49.2 Å². The molecular weight excluding hydrogens is 365 g/mol. The lowest BCUT2D eigenvalue weighted by atomic mass is 10.2. The standard InChI is InChI=1S/C20H20FN3O2S/c1-4-9-24-19(15-10-17(25-2)12-18(11-15)26-3)22-23-20(24)27-13-14-5-7-16(21)8-6-14/h4-8,10-12H,1,9,13H2,2-3H3. The molecule has 0 spiro atoms. The van der Waals surface area contributed by atoms with Crippen molar-refractivity contribution in [2.75, 3.05) is 14.2 Å². The molecule has 0 bridgehead atoms. The average Bonchev–Trinajstić information content (AvgIpc) is 3.10. The van der Waals surface area contributed by atoms with Crippen LogP contribution >= 0.6 is 11.8 Å². The minimum atomic E-state index is -0.243. The highest BCUT2D eigenvalue weighted by Gasteiger charge is 2.15. The van der Waals surface area contributed by atoms with Crippen molar-refractivity contribution in [1.29, 1.82) is 0 Å². The summed E-state index contributed by atoms with van der Waals surface area (Å²) >= 11 is 1.54. The first-order valence-electron chi connectivity index (χ1n) is 8.29. The van der Waals surface area contributed by atoms with Gasteiger partial charge in [0, 0.05) is 23.9 Å². The van der Waals surface area contributed by atoms with Crippen LogP contribution in [0.15, 0.2) is 60.3 Å². The van der Waals surface area contributed by atoms with Gasteiger partial charge in [-0.25, -0.2) is 4.39 Å². The lowest BCUT2D eigenvalue weighted by molar-refractivity contribution is 0.394. The molecule has 0 saturated carbocycles. The van der Waals surface area contributed by atoms with E-state index < -0.39 is 0 Å². The number of halogens is 1. The number of methoxy groups -OCH3 is 2. The molecule has 5 nitrogen and oxygen atoms in total. The third-order valence-electron chi connectivity index (χ3n) is 3.92. The molecule has 27 heavy (non-hydrogen) atoms. The summed E-state index contributed by atoms with van der Waals surface area (Å²) < 4.78 is 25.7. The van der Waals surface area contributed by atoms with E-state index in [0.29, 0.717) is 29.6 Å². The minimum Gasteiger partial charge on any atom is -0.497 e. The van der Waals surface area contributed by atoms with E-state index in [0.717, 1.165) is 16.3 Å². The number of nitrogens with zero attached hydrogens (tertiary/aromatic N) is 3. The molecule has 1 heterocycles. The zero-order chi connectivity index (χ0) is 19.2. The van der Waals surface area contributed by atoms with Crippen molar-refractivity contribution in [1.82, 2.24) is 14.8 Å². The highest BCUT2D eigenvalue weighted by atomic mass is 32.2. The Bertz CT molecular complexity index is 903. The summed E-state index contributed by atoms with van der Waals surface area (Å²) in [5.74, 6) is 2.48. The van der Waals surface area contributed by atoms with E-state index >= 15 is 0 Å². The lowest BCUT2D eigenvalue weighted by Gasteiger charge is -2.10. The molecule has 7 heteroatoms. The van der Waals surface area contributed by atoms with Crippen molar-refractivity contribution in [2.24, 2.45) is 0 Å². The van der Waals surface area contributed by atoms with Gasteiger partial charge in [-0.15, -0.1) is 16.8 Å². The normalized spacial score (nSPS) is 10.6. The number of thioether (sulfide) groups is 1. The Kier molecular flexibility index (Phi) is 6.13. The van der Waals surface area contributed by atoms with Gasteiger partial charge in [0.15, 0.2) is 11.0 Å². The van der Waals surface area contributed by atoms with Gasteiger partial charge >= 0.3 is 0 Å². The van der Waals surface area contributed by atoms with Crippen LogP contribution in [0.1, 0.15) is 5.56 Å². The Morgan fingerprint density at radius 3 is 2.33 bits per heavy atom. The van der Waals surface area contributed by atoms with Gasteiger partial charge in [0.1, 0.15) is 17.3 Å². The maximum atomic E-state index is 13.1. The Labute approximate surface area is 161 Å². The first-order valence-corrected chi connectivity index (χ1v) is 9.28. The van der Waals surface area contributed by atoms with Gasteiger partial charge in [0.25, 0.3) is 0 Å². The van der Waals surface area contributed by atoms with Gasteiger partial charge in [-0.3, -0.25) is 4.57 Å². The number of aromatic nitrogens is 3. The summed E-state index contributed by atoms with van der Waals surface area (Å²) in [6.07, 6.45) is 1.80. The van der Waals surface area contributed by atoms with Crippen LogP contribution in [0, 0.1) is 5.82 Å². The van der Waals surface area contributed by atoms with E-state index in [-0.39, 0.29) is 5.82 Å². The fourth-order valence-corrected chi connectivity index (χ4v) is 3.47. The maximum absolute atomic E-state index is 13.1. The van der Waals surface area contributed by atoms with E-state index in [1.165, 1.54) is 23.9 Å². The molecule has 0 unspecified atom stereocenters. The van der Waals surface area contributed by atoms with Gasteiger partial charge in [0.05, 0.1) is 14.2 Å². The first kappa shape index (κ1) is 19.0. The lowest BCUT2D eigenvalue weighted by Crippen LogP contribution is -2.01. The molecule has 1 aromatic heterocycles. The van der Waals surface area contributed by atoms with Crippen LogP contribution in [-0.2, 0) is 12.3 Å². The third kappa shape index (κ3) is 4.49. The number of ether oxygens (including phenoxy) is 2. The molecule has 0 aliphatic rings. The summed E-state index contributed by atoms with van der Waals surface area (Å²) in [7, 11) is 3.22. The first-order chi connectivity index (χ1) is 13.1. The summed E-state index contributed by atoms with van der Waals surface area (Å²) in [6, 6.07) is 12.0. The number of hydrogen-bond acceptors (Lipinski definition) is 5. The minimum absolute atomic E-state index is 0.243. The Hall–Kier alpha value is -2.80. The van der Waals surface area contributed by atoms with Crippen molar-refractivity contribution in [3.63, 3.8) is 0 Å². The molecule has 0 N–H and O–H groups in total. The van der Waals surface area contributed by atoms with E-state index in [2.05, 4.69) is 16.8 Å². The molecule has 2 aromatic carbocycles. The highest BCUT2D eigenvalue weighted by molar-refractivity contribution is 7.98. The van der Waals surface area contributed by atoms with Crippen molar-refractivity contribution in [3.8, 4) is 22.9 Å². The van der Waals surface area contributed by atoms with Crippen LogP contribution in [0.5, 0.6) is 11.5 Å². The van der Waals surface area contributed by atoms with Gasteiger partial charge in [-0.1, -0.05) is 30.0 Å². The Morgan fingerprint density at radius 1 is 1.07 bits per heavy atom. The van der Waals surface area contributed by atoms with Crippen LogP contribution in [0.25, 0.3) is 11.4 Å². The van der Waals surface area contributed by atoms with Gasteiger partial charge in [0.2, 0.25) is 0 Å². The second-order valence-corrected chi connectivity index (χ2v) is 6.66. The van der Waals surface area contributed by atoms with Gasteiger partial charge in [-0.2, -0.15) is 0 Å². The van der Waals surface area contributed by atoms with E-state index in [4.69, 9.17) is 9.47 Å². The smallest absolute Gasteiger partial charge is 0.192 e. The molecule has 0 radical (unpaired) electrons. The second kappa shape index (κ2) is 8.73. The molecule has 0 fully saturated rings. The molecule has 140 valence electrons. The van der Waals surface area contributed by atoms with Crippen molar-refractivity contribution in [2.45, 2.75) is 17.5 Å². The van der Waals surface area contributed by atoms with Gasteiger partial charge < -0.3 is 9.47 Å². The maximum Gasteiger partial charge on any atom is 0.192 e. The summed E-state index contributed by atoms with van der Waals surface area (Å²) in [6.45, 7) is 4.39. The predicted molar refractivity (Wildman–Crippen MR) is 105 cm³/mol. The molecule has 0 aliphatic carbocycles. The molecule has 0 atom stereocenters. The van der Waals surface area contributed by atoms with Crippen molar-refractivity contribution in [3.05, 3.63) is 66.5 Å². The van der Waals surface area contributed by atoms with Crippen LogP contribution in [0.4, 0.5) is 4.39 Å². The summed E-state index contributed by atoms with van der Waals surface area (Å²) in [4.78, 5) is 0. The fourth-order valence-electron chi connectivity index (χ4n) is 2.57. The van der Waals surface area contributed by atoms with Crippen molar-refractivity contribution >= 4 is 11.8 Å². The summed E-state index contributed by atoms with van der Waals surface area (Å²) in [5.41, 5.74) is 1.85. The largest absolute Gasteiger partial charge is 0.497 e. The average molecular weight is 385 g/mol. The number of hydrogen-bond donors (Lipinski definition) is 0. The van der Waals surface area contributed by atoms with Crippen LogP contribution in [0.2, 0.25) is 0 Å². The quantitative estimate of drug-likeness (QED) is 0.420. The number of benzene rings is 2. The monoisotopic (exact) mass is 385 g/mol. The van der Waals surface area contributed by atoms with Crippen molar-refractivity contribution < 1.29 is 13.9 Å². The fraction of sp³-hybridized carbons (Fsp3) is 0.200. The molecular formula is C20H20FN3O2S. The van der Waals surface area contributed by atoms with E-state index in [1.807, 2.05) is 22.8 Å². The van der Waals surface area contributed by atoms with Crippen LogP contribution in [-0.4, -0.2) is 29.0 Å². The van der Waals surface area contributed by atoms with Gasteiger partial charge in [-0.05, 0) is 29.8 Å². The van der Waals surface area contributed by atoms with Crippen LogP contribution < -0.4 is 9.47 Å². The Morgan fingerprint density at radius 2 is 1.74 bits per heavy atom. The van der Waals surface area contributed by atoms with E-state index in [1.54, 1.807) is 32.4 Å². The highest BCUT2D eigenvalue weighted by Crippen LogP contribution is 2.31. The molecule has 0 amide bonds. The predicted octanol–water partition coefficient (Wildman–Crippen LogP) is 4.58. The molecule has 3 rings (SSSR count). The zero-order valence-electron chi connectivity index (χ0n) is 15.2. The van der Waals surface area contributed by atoms with Crippen LogP contribution in [0.3, 0.4) is 0 Å². The summed E-state index contributed by atoms with van der Waals surface area (Å²) in [5, 5.41) is 9.44. The molecule has 0 aliphatic heterocycles. The van der Waals surface area contributed by atoms with E-state index in [9.17, 15) is 4.39 Å². The molecule has 0 saturated heterocycles. The number of allylic oxidation sites excluding steroid dienone is 1. The SMILES string of the molecule is C=CCn1c(SCc2ccc(F)cc2)nnc1-c1cc(OC)cc(OC)c1. The molecule has 3 aromatic rings. The Balaban J connectivity index is 1.91.